The molecule has 2 aromatic rings. The third-order valence-corrected chi connectivity index (χ3v) is 2.72. The Morgan fingerprint density at radius 2 is 2.31 bits per heavy atom. The number of nitrogens with zero attached hydrogens (tertiary/aromatic N) is 2. The Labute approximate surface area is 99.4 Å². The summed E-state index contributed by atoms with van der Waals surface area (Å²) in [5.41, 5.74) is 6.14. The maximum atomic E-state index is 13.0. The zero-order chi connectivity index (χ0) is 11.5. The van der Waals surface area contributed by atoms with E-state index in [-0.39, 0.29) is 11.8 Å². The van der Waals surface area contributed by atoms with Crippen molar-refractivity contribution in [3.05, 3.63) is 34.1 Å². The second-order valence-corrected chi connectivity index (χ2v) is 3.99. The standard InChI is InChI=1S/C9H9BrFN5/c10-7-2-1-6(11)3-5(7)4-13-9-14-8(12)15-16-9/h1-3H,4H2,(H4,12,13,14,15,16). The molecule has 0 fully saturated rings. The molecule has 1 aromatic carbocycles. The fourth-order valence-electron chi connectivity index (χ4n) is 1.21. The maximum Gasteiger partial charge on any atom is 0.243 e. The molecule has 5 nitrogen and oxygen atoms in total. The molecule has 0 atom stereocenters. The lowest BCUT2D eigenvalue weighted by molar-refractivity contribution is 0.625. The van der Waals surface area contributed by atoms with E-state index in [1.165, 1.54) is 12.1 Å². The first-order chi connectivity index (χ1) is 7.65. The Morgan fingerprint density at radius 3 is 3.00 bits per heavy atom. The highest BCUT2D eigenvalue weighted by molar-refractivity contribution is 9.10. The fourth-order valence-corrected chi connectivity index (χ4v) is 1.59. The number of aromatic amines is 1. The molecular weight excluding hydrogens is 277 g/mol. The zero-order valence-electron chi connectivity index (χ0n) is 8.17. The van der Waals surface area contributed by atoms with Crippen LogP contribution in [0, 0.1) is 5.82 Å². The molecule has 0 aliphatic rings. The van der Waals surface area contributed by atoms with Gasteiger partial charge >= 0.3 is 0 Å². The van der Waals surface area contributed by atoms with Gasteiger partial charge in [0.1, 0.15) is 5.82 Å². The van der Waals surface area contributed by atoms with Crippen LogP contribution in [0.15, 0.2) is 22.7 Å². The van der Waals surface area contributed by atoms with Crippen molar-refractivity contribution in [2.24, 2.45) is 0 Å². The summed E-state index contributed by atoms with van der Waals surface area (Å²) in [6, 6.07) is 4.48. The van der Waals surface area contributed by atoms with E-state index >= 15 is 0 Å². The number of nitrogen functional groups attached to an aromatic ring is 1. The van der Waals surface area contributed by atoms with Crippen molar-refractivity contribution in [2.75, 3.05) is 11.1 Å². The average molecular weight is 286 g/mol. The molecule has 7 heteroatoms. The first-order valence-corrected chi connectivity index (χ1v) is 5.30. The average Bonchev–Trinajstić information content (AvgIpc) is 2.66. The largest absolute Gasteiger partial charge is 0.368 e. The van der Waals surface area contributed by atoms with E-state index in [9.17, 15) is 4.39 Å². The molecule has 1 heterocycles. The molecule has 84 valence electrons. The van der Waals surface area contributed by atoms with E-state index in [0.29, 0.717) is 12.5 Å². The maximum absolute atomic E-state index is 13.0. The van der Waals surface area contributed by atoms with Gasteiger partial charge in [-0.25, -0.2) is 9.49 Å². The summed E-state index contributed by atoms with van der Waals surface area (Å²) in [6.45, 7) is 0.412. The van der Waals surface area contributed by atoms with Crippen molar-refractivity contribution in [1.82, 2.24) is 15.2 Å². The summed E-state index contributed by atoms with van der Waals surface area (Å²) in [4.78, 5) is 3.87. The Hall–Kier alpha value is -1.63. The van der Waals surface area contributed by atoms with E-state index in [2.05, 4.69) is 36.4 Å². The number of halogens is 2. The van der Waals surface area contributed by atoms with Crippen LogP contribution >= 0.6 is 15.9 Å². The molecule has 0 unspecified atom stereocenters. The molecule has 0 aliphatic heterocycles. The van der Waals surface area contributed by atoms with Gasteiger partial charge in [-0.15, -0.1) is 5.10 Å². The molecule has 0 saturated carbocycles. The summed E-state index contributed by atoms with van der Waals surface area (Å²) >= 11 is 3.33. The van der Waals surface area contributed by atoms with Gasteiger partial charge in [0, 0.05) is 11.0 Å². The summed E-state index contributed by atoms with van der Waals surface area (Å²) in [5.74, 6) is 0.337. The van der Waals surface area contributed by atoms with Crippen LogP contribution in [0.2, 0.25) is 0 Å². The number of anilines is 2. The molecule has 1 aromatic heterocycles. The highest BCUT2D eigenvalue weighted by Crippen LogP contribution is 2.18. The van der Waals surface area contributed by atoms with Gasteiger partial charge in [0.2, 0.25) is 11.9 Å². The molecule has 4 N–H and O–H groups in total. The van der Waals surface area contributed by atoms with Crippen LogP contribution in [0.4, 0.5) is 16.3 Å². The Balaban J connectivity index is 2.07. The summed E-state index contributed by atoms with van der Waals surface area (Å²) in [7, 11) is 0. The van der Waals surface area contributed by atoms with E-state index in [4.69, 9.17) is 5.73 Å². The van der Waals surface area contributed by atoms with Gasteiger partial charge in [-0.1, -0.05) is 15.9 Å². The predicted molar refractivity (Wildman–Crippen MR) is 62.2 cm³/mol. The van der Waals surface area contributed by atoms with E-state index in [1.807, 2.05) is 0 Å². The highest BCUT2D eigenvalue weighted by Gasteiger charge is 2.03. The number of aromatic nitrogens is 3. The van der Waals surface area contributed by atoms with Crippen LogP contribution in [0.1, 0.15) is 5.56 Å². The van der Waals surface area contributed by atoms with Crippen LogP contribution in [0.5, 0.6) is 0 Å². The Bertz CT molecular complexity index is 498. The van der Waals surface area contributed by atoms with Crippen LogP contribution in [-0.4, -0.2) is 15.2 Å². The van der Waals surface area contributed by atoms with Crippen LogP contribution in [0.3, 0.4) is 0 Å². The quantitative estimate of drug-likeness (QED) is 0.805. The summed E-state index contributed by atoms with van der Waals surface area (Å²) in [6.07, 6.45) is 0. The minimum Gasteiger partial charge on any atom is -0.368 e. The first-order valence-electron chi connectivity index (χ1n) is 4.51. The molecular formula is C9H9BrFN5. The first kappa shape index (κ1) is 10.9. The van der Waals surface area contributed by atoms with Gasteiger partial charge in [-0.3, -0.25) is 0 Å². The van der Waals surface area contributed by atoms with Crippen molar-refractivity contribution in [3.63, 3.8) is 0 Å². The number of benzene rings is 1. The van der Waals surface area contributed by atoms with E-state index in [0.717, 1.165) is 10.0 Å². The number of nitrogens with two attached hydrogens (primary N) is 1. The minimum atomic E-state index is -0.283. The van der Waals surface area contributed by atoms with Crippen molar-refractivity contribution in [2.45, 2.75) is 6.54 Å². The second-order valence-electron chi connectivity index (χ2n) is 3.13. The van der Waals surface area contributed by atoms with E-state index < -0.39 is 0 Å². The summed E-state index contributed by atoms with van der Waals surface area (Å²) < 4.78 is 13.8. The number of rotatable bonds is 3. The SMILES string of the molecule is Nc1nc(NCc2cc(F)ccc2Br)n[nH]1. The molecule has 0 aliphatic carbocycles. The number of nitrogens with one attached hydrogen (secondary N) is 2. The lowest BCUT2D eigenvalue weighted by atomic mass is 10.2. The molecule has 2 rings (SSSR count). The molecule has 0 amide bonds. The van der Waals surface area contributed by atoms with Crippen molar-refractivity contribution in [3.8, 4) is 0 Å². The lowest BCUT2D eigenvalue weighted by Crippen LogP contribution is -2.02. The van der Waals surface area contributed by atoms with Crippen LogP contribution in [0.25, 0.3) is 0 Å². The molecule has 0 spiro atoms. The van der Waals surface area contributed by atoms with Crippen molar-refractivity contribution < 1.29 is 4.39 Å². The molecule has 0 radical (unpaired) electrons. The molecule has 0 saturated heterocycles. The smallest absolute Gasteiger partial charge is 0.243 e. The Kier molecular flexibility index (Phi) is 3.04. The predicted octanol–water partition coefficient (Wildman–Crippen LogP) is 1.90. The lowest BCUT2D eigenvalue weighted by Gasteiger charge is -2.04. The highest BCUT2D eigenvalue weighted by atomic mass is 79.9. The van der Waals surface area contributed by atoms with Gasteiger partial charge in [0.15, 0.2) is 0 Å². The van der Waals surface area contributed by atoms with Gasteiger partial charge in [-0.2, -0.15) is 4.98 Å². The molecule has 16 heavy (non-hydrogen) atoms. The third-order valence-electron chi connectivity index (χ3n) is 1.95. The second kappa shape index (κ2) is 4.48. The van der Waals surface area contributed by atoms with Gasteiger partial charge in [-0.05, 0) is 23.8 Å². The fraction of sp³-hybridized carbons (Fsp3) is 0.111. The van der Waals surface area contributed by atoms with Gasteiger partial charge in [0.25, 0.3) is 0 Å². The van der Waals surface area contributed by atoms with Gasteiger partial charge < -0.3 is 11.1 Å². The zero-order valence-corrected chi connectivity index (χ0v) is 9.75. The van der Waals surface area contributed by atoms with Crippen LogP contribution < -0.4 is 11.1 Å². The number of hydrogen-bond donors (Lipinski definition) is 3. The van der Waals surface area contributed by atoms with E-state index in [1.54, 1.807) is 6.07 Å². The number of H-pyrrole nitrogens is 1. The summed E-state index contributed by atoms with van der Waals surface area (Å²) in [5, 5.41) is 9.22. The van der Waals surface area contributed by atoms with Crippen molar-refractivity contribution >= 4 is 27.8 Å². The van der Waals surface area contributed by atoms with Crippen LogP contribution in [-0.2, 0) is 6.54 Å². The minimum absolute atomic E-state index is 0.237. The third kappa shape index (κ3) is 2.48. The monoisotopic (exact) mass is 285 g/mol. The van der Waals surface area contributed by atoms with Gasteiger partial charge in [0.05, 0.1) is 0 Å². The molecule has 0 bridgehead atoms. The van der Waals surface area contributed by atoms with Crippen molar-refractivity contribution in [1.29, 1.82) is 0 Å². The topological polar surface area (TPSA) is 79.6 Å². The normalized spacial score (nSPS) is 10.4. The number of hydrogen-bond acceptors (Lipinski definition) is 4. The Morgan fingerprint density at radius 1 is 1.50 bits per heavy atom.